The van der Waals surface area contributed by atoms with Crippen molar-refractivity contribution in [2.45, 2.75) is 32.6 Å². The smallest absolute Gasteiger partial charge is 0.261 e. The zero-order chi connectivity index (χ0) is 23.0. The Bertz CT molecular complexity index is 1120. The molecule has 166 valence electrons. The van der Waals surface area contributed by atoms with Gasteiger partial charge in [-0.15, -0.1) is 6.58 Å². The molecule has 0 saturated heterocycles. The SMILES string of the molecule is C=CCN1C(=O)C(C)(C)COc2cc(NS(=O)(=O)c3cc(C)c(OC)c(C)c3)ccc21. The lowest BCUT2D eigenvalue weighted by molar-refractivity contribution is -0.127. The van der Waals surface area contributed by atoms with Crippen molar-refractivity contribution in [1.82, 2.24) is 0 Å². The molecule has 2 aromatic rings. The maximum atomic E-state index is 13.0. The second kappa shape index (κ2) is 8.26. The van der Waals surface area contributed by atoms with Crippen LogP contribution in [0.5, 0.6) is 11.5 Å². The number of methoxy groups -OCH3 is 1. The molecule has 0 fully saturated rings. The van der Waals surface area contributed by atoms with E-state index in [1.165, 1.54) is 0 Å². The van der Waals surface area contributed by atoms with E-state index in [4.69, 9.17) is 9.47 Å². The number of nitrogens with zero attached hydrogens (tertiary/aromatic N) is 1. The number of carbonyl (C=O) groups excluding carboxylic acids is 1. The number of nitrogens with one attached hydrogen (secondary N) is 1. The lowest BCUT2D eigenvalue weighted by Crippen LogP contribution is -2.42. The van der Waals surface area contributed by atoms with Crippen LogP contribution in [0.25, 0.3) is 0 Å². The van der Waals surface area contributed by atoms with Crippen LogP contribution in [0, 0.1) is 19.3 Å². The van der Waals surface area contributed by atoms with Gasteiger partial charge in [-0.3, -0.25) is 9.52 Å². The Morgan fingerprint density at radius 1 is 1.23 bits per heavy atom. The molecule has 7 nitrogen and oxygen atoms in total. The predicted molar refractivity (Wildman–Crippen MR) is 122 cm³/mol. The molecule has 1 aliphatic heterocycles. The fourth-order valence-electron chi connectivity index (χ4n) is 3.62. The van der Waals surface area contributed by atoms with Gasteiger partial charge in [-0.25, -0.2) is 8.42 Å². The van der Waals surface area contributed by atoms with Crippen LogP contribution in [0.3, 0.4) is 0 Å². The fraction of sp³-hybridized carbons (Fsp3) is 0.348. The molecule has 31 heavy (non-hydrogen) atoms. The second-order valence-electron chi connectivity index (χ2n) is 8.26. The molecule has 0 unspecified atom stereocenters. The summed E-state index contributed by atoms with van der Waals surface area (Å²) < 4.78 is 39.8. The Morgan fingerprint density at radius 3 is 2.45 bits per heavy atom. The first-order chi connectivity index (χ1) is 14.5. The van der Waals surface area contributed by atoms with Gasteiger partial charge in [0, 0.05) is 12.6 Å². The number of carbonyl (C=O) groups is 1. The van der Waals surface area contributed by atoms with Gasteiger partial charge in [0.25, 0.3) is 10.0 Å². The van der Waals surface area contributed by atoms with E-state index in [1.54, 1.807) is 62.3 Å². The van der Waals surface area contributed by atoms with Gasteiger partial charge >= 0.3 is 0 Å². The third-order valence-electron chi connectivity index (χ3n) is 5.18. The topological polar surface area (TPSA) is 84.9 Å². The number of ether oxygens (including phenoxy) is 2. The van der Waals surface area contributed by atoms with Crippen molar-refractivity contribution in [3.8, 4) is 11.5 Å². The van der Waals surface area contributed by atoms with E-state index in [-0.39, 0.29) is 17.4 Å². The van der Waals surface area contributed by atoms with Crippen molar-refractivity contribution < 1.29 is 22.7 Å². The molecule has 1 N–H and O–H groups in total. The zero-order valence-electron chi connectivity index (χ0n) is 18.5. The van der Waals surface area contributed by atoms with Crippen LogP contribution in [-0.4, -0.2) is 34.6 Å². The maximum Gasteiger partial charge on any atom is 0.261 e. The highest BCUT2D eigenvalue weighted by molar-refractivity contribution is 7.92. The summed E-state index contributed by atoms with van der Waals surface area (Å²) in [7, 11) is -2.28. The first-order valence-corrected chi connectivity index (χ1v) is 11.4. The van der Waals surface area contributed by atoms with Crippen molar-refractivity contribution in [3.63, 3.8) is 0 Å². The van der Waals surface area contributed by atoms with E-state index in [1.807, 2.05) is 13.8 Å². The average molecular weight is 445 g/mol. The van der Waals surface area contributed by atoms with Gasteiger partial charge in [-0.05, 0) is 63.1 Å². The molecular formula is C23H28N2O5S. The van der Waals surface area contributed by atoms with E-state index >= 15 is 0 Å². The van der Waals surface area contributed by atoms with Crippen LogP contribution in [0.15, 0.2) is 47.9 Å². The summed E-state index contributed by atoms with van der Waals surface area (Å²) in [4.78, 5) is 14.7. The first kappa shape index (κ1) is 22.7. The fourth-order valence-corrected chi connectivity index (χ4v) is 4.84. The lowest BCUT2D eigenvalue weighted by atomic mass is 9.93. The van der Waals surface area contributed by atoms with Crippen LogP contribution in [0.2, 0.25) is 0 Å². The van der Waals surface area contributed by atoms with Gasteiger partial charge in [-0.1, -0.05) is 6.08 Å². The predicted octanol–water partition coefficient (Wildman–Crippen LogP) is 4.05. The molecule has 1 aliphatic rings. The summed E-state index contributed by atoms with van der Waals surface area (Å²) in [5.74, 6) is 1.01. The van der Waals surface area contributed by atoms with Gasteiger partial charge < -0.3 is 14.4 Å². The summed E-state index contributed by atoms with van der Waals surface area (Å²) in [6, 6.07) is 8.04. The van der Waals surface area contributed by atoms with Gasteiger partial charge in [-0.2, -0.15) is 0 Å². The van der Waals surface area contributed by atoms with Crippen LogP contribution >= 0.6 is 0 Å². The number of hydrogen-bond acceptors (Lipinski definition) is 5. The average Bonchev–Trinajstić information content (AvgIpc) is 2.78. The summed E-state index contributed by atoms with van der Waals surface area (Å²) >= 11 is 0. The summed E-state index contributed by atoms with van der Waals surface area (Å²) in [6.45, 7) is 11.5. The number of hydrogen-bond donors (Lipinski definition) is 1. The molecular weight excluding hydrogens is 416 g/mol. The molecule has 0 saturated carbocycles. The standard InChI is InChI=1S/C23H28N2O5S/c1-7-10-25-19-9-8-17(13-20(19)30-14-23(4,5)22(25)26)24-31(27,28)18-11-15(2)21(29-6)16(3)12-18/h7-9,11-13,24H,1,10,14H2,2-6H3. The van der Waals surface area contributed by atoms with E-state index in [0.29, 0.717) is 29.4 Å². The third kappa shape index (κ3) is 4.39. The van der Waals surface area contributed by atoms with Crippen molar-refractivity contribution >= 4 is 27.3 Å². The largest absolute Gasteiger partial charge is 0.496 e. The molecule has 1 amide bonds. The summed E-state index contributed by atoms with van der Waals surface area (Å²) in [5, 5.41) is 0. The maximum absolute atomic E-state index is 13.0. The number of amides is 1. The second-order valence-corrected chi connectivity index (χ2v) is 9.94. The number of fused-ring (bicyclic) bond motifs is 1. The molecule has 0 aromatic heterocycles. The Morgan fingerprint density at radius 2 is 1.87 bits per heavy atom. The molecule has 3 rings (SSSR count). The van der Waals surface area contributed by atoms with Crippen LogP contribution in [0.4, 0.5) is 11.4 Å². The van der Waals surface area contributed by atoms with Crippen LogP contribution < -0.4 is 19.1 Å². The summed E-state index contributed by atoms with van der Waals surface area (Å²) in [5.41, 5.74) is 1.66. The third-order valence-corrected chi connectivity index (χ3v) is 6.54. The van der Waals surface area contributed by atoms with Crippen LogP contribution in [-0.2, 0) is 14.8 Å². The zero-order valence-corrected chi connectivity index (χ0v) is 19.3. The summed E-state index contributed by atoms with van der Waals surface area (Å²) in [6.07, 6.45) is 1.65. The number of rotatable bonds is 6. The molecule has 1 heterocycles. The monoisotopic (exact) mass is 444 g/mol. The Balaban J connectivity index is 1.97. The molecule has 0 radical (unpaired) electrons. The minimum Gasteiger partial charge on any atom is -0.496 e. The Hall–Kier alpha value is -3.00. The lowest BCUT2D eigenvalue weighted by Gasteiger charge is -2.27. The highest BCUT2D eigenvalue weighted by Crippen LogP contribution is 2.38. The van der Waals surface area contributed by atoms with E-state index in [9.17, 15) is 13.2 Å². The minimum absolute atomic E-state index is 0.0799. The molecule has 2 aromatic carbocycles. The number of anilines is 2. The van der Waals surface area contributed by atoms with Crippen molar-refractivity contribution in [2.24, 2.45) is 5.41 Å². The molecule has 8 heteroatoms. The molecule has 0 spiro atoms. The van der Waals surface area contributed by atoms with E-state index in [2.05, 4.69) is 11.3 Å². The molecule has 0 atom stereocenters. The normalized spacial score (nSPS) is 15.5. The number of sulfonamides is 1. The van der Waals surface area contributed by atoms with Gasteiger partial charge in [0.15, 0.2) is 0 Å². The van der Waals surface area contributed by atoms with Crippen LogP contribution in [0.1, 0.15) is 25.0 Å². The van der Waals surface area contributed by atoms with Gasteiger partial charge in [0.1, 0.15) is 18.1 Å². The van der Waals surface area contributed by atoms with Crippen molar-refractivity contribution in [3.05, 3.63) is 54.1 Å². The van der Waals surface area contributed by atoms with E-state index < -0.39 is 15.4 Å². The van der Waals surface area contributed by atoms with Crippen molar-refractivity contribution in [1.29, 1.82) is 0 Å². The van der Waals surface area contributed by atoms with Crippen molar-refractivity contribution in [2.75, 3.05) is 29.9 Å². The first-order valence-electron chi connectivity index (χ1n) is 9.88. The quantitative estimate of drug-likeness (QED) is 0.680. The highest BCUT2D eigenvalue weighted by Gasteiger charge is 2.37. The Kier molecular flexibility index (Phi) is 6.04. The number of aryl methyl sites for hydroxylation is 2. The molecule has 0 aliphatic carbocycles. The highest BCUT2D eigenvalue weighted by atomic mass is 32.2. The van der Waals surface area contributed by atoms with E-state index in [0.717, 1.165) is 11.1 Å². The number of benzene rings is 2. The Labute approximate surface area is 183 Å². The van der Waals surface area contributed by atoms with Gasteiger partial charge in [0.2, 0.25) is 5.91 Å². The minimum atomic E-state index is -3.83. The molecule has 0 bridgehead atoms. The van der Waals surface area contributed by atoms with Gasteiger partial charge in [0.05, 0.1) is 28.8 Å².